The topological polar surface area (TPSA) is 43.7 Å². The van der Waals surface area contributed by atoms with Gasteiger partial charge in [-0.25, -0.2) is 4.39 Å². The van der Waals surface area contributed by atoms with Gasteiger partial charge in [-0.3, -0.25) is 9.69 Å². The Morgan fingerprint density at radius 3 is 2.74 bits per heavy atom. The molecule has 0 unspecified atom stereocenters. The van der Waals surface area contributed by atoms with Crippen LogP contribution >= 0.6 is 0 Å². The highest BCUT2D eigenvalue weighted by Crippen LogP contribution is 2.44. The summed E-state index contributed by atoms with van der Waals surface area (Å²) in [7, 11) is 1.99. The van der Waals surface area contributed by atoms with Gasteiger partial charge in [0, 0.05) is 42.8 Å². The van der Waals surface area contributed by atoms with Gasteiger partial charge in [-0.05, 0) is 54.8 Å². The van der Waals surface area contributed by atoms with Crippen LogP contribution in [-0.4, -0.2) is 28.5 Å². The van der Waals surface area contributed by atoms with Crippen molar-refractivity contribution in [3.8, 4) is 11.5 Å². The molecule has 0 N–H and O–H groups in total. The highest BCUT2D eigenvalue weighted by Gasteiger charge is 2.35. The first-order chi connectivity index (χ1) is 17.0. The lowest BCUT2D eigenvalue weighted by Gasteiger charge is -2.30. The number of halogens is 1. The van der Waals surface area contributed by atoms with Gasteiger partial charge in [0.1, 0.15) is 24.0 Å². The molecule has 6 rings (SSSR count). The molecule has 6 heteroatoms. The highest BCUT2D eigenvalue weighted by molar-refractivity contribution is 6.16. The van der Waals surface area contributed by atoms with Crippen LogP contribution in [0.25, 0.3) is 17.0 Å². The molecule has 2 aliphatic rings. The summed E-state index contributed by atoms with van der Waals surface area (Å²) in [6, 6.07) is 16.6. The van der Waals surface area contributed by atoms with E-state index in [4.69, 9.17) is 9.47 Å². The number of hydrogen-bond acceptors (Lipinski definition) is 4. The minimum Gasteiger partial charge on any atom is -0.478 e. The van der Waals surface area contributed by atoms with Crippen molar-refractivity contribution >= 4 is 22.8 Å². The van der Waals surface area contributed by atoms with E-state index in [9.17, 15) is 9.18 Å². The molecule has 0 radical (unpaired) electrons. The summed E-state index contributed by atoms with van der Waals surface area (Å²) in [5, 5.41) is 1.07. The molecule has 2 aliphatic heterocycles. The van der Waals surface area contributed by atoms with Crippen LogP contribution in [0.1, 0.15) is 32.6 Å². The van der Waals surface area contributed by atoms with Crippen LogP contribution in [0.4, 0.5) is 4.39 Å². The largest absolute Gasteiger partial charge is 0.478 e. The Kier molecular flexibility index (Phi) is 5.19. The van der Waals surface area contributed by atoms with E-state index in [0.717, 1.165) is 51.9 Å². The van der Waals surface area contributed by atoms with Crippen molar-refractivity contribution in [3.05, 3.63) is 100 Å². The predicted octanol–water partition coefficient (Wildman–Crippen LogP) is 5.64. The highest BCUT2D eigenvalue weighted by atomic mass is 19.1. The minimum absolute atomic E-state index is 0.100. The van der Waals surface area contributed by atoms with Crippen LogP contribution < -0.4 is 9.47 Å². The van der Waals surface area contributed by atoms with E-state index >= 15 is 0 Å². The molecule has 0 saturated carbocycles. The first kappa shape index (κ1) is 21.6. The maximum atomic E-state index is 13.4. The van der Waals surface area contributed by atoms with Crippen molar-refractivity contribution in [2.45, 2.75) is 19.9 Å². The summed E-state index contributed by atoms with van der Waals surface area (Å²) >= 11 is 0. The average Bonchev–Trinajstić information content (AvgIpc) is 3.36. The molecule has 0 spiro atoms. The van der Waals surface area contributed by atoms with Crippen molar-refractivity contribution in [3.63, 3.8) is 0 Å². The van der Waals surface area contributed by atoms with Crippen LogP contribution in [0.5, 0.6) is 11.5 Å². The Morgan fingerprint density at radius 1 is 1.11 bits per heavy atom. The SMILES string of the molecule is Cc1cc2c(c3c1C(=O)/C(=C\c1cn(C)c4ccccc14)O3)CN(CCc1ccc(F)cc1)CO2. The Balaban J connectivity index is 1.29. The third-order valence-electron chi connectivity index (χ3n) is 6.83. The Bertz CT molecular complexity index is 1500. The molecule has 3 aromatic carbocycles. The lowest BCUT2D eigenvalue weighted by Crippen LogP contribution is -2.33. The van der Waals surface area contributed by atoms with Crippen LogP contribution in [0.15, 0.2) is 66.6 Å². The zero-order valence-corrected chi connectivity index (χ0v) is 19.7. The molecule has 176 valence electrons. The second kappa shape index (κ2) is 8.40. The number of Topliss-reactive ketones (excluding diaryl/α,β-unsaturated/α-hetero) is 1. The lowest BCUT2D eigenvalue weighted by atomic mass is 9.98. The molecule has 4 aromatic rings. The maximum absolute atomic E-state index is 13.4. The number of para-hydroxylation sites is 1. The van der Waals surface area contributed by atoms with Gasteiger partial charge in [-0.2, -0.15) is 0 Å². The number of carbonyl (C=O) groups is 1. The summed E-state index contributed by atoms with van der Waals surface area (Å²) in [6.45, 7) is 3.75. The second-order valence-corrected chi connectivity index (χ2v) is 9.23. The molecule has 0 aliphatic carbocycles. The molecule has 1 aromatic heterocycles. The number of rotatable bonds is 4. The molecule has 0 amide bonds. The van der Waals surface area contributed by atoms with Gasteiger partial charge in [0.25, 0.3) is 0 Å². The summed E-state index contributed by atoms with van der Waals surface area (Å²) in [5.74, 6) is 1.36. The molecule has 0 atom stereocenters. The average molecular weight is 469 g/mol. The van der Waals surface area contributed by atoms with Gasteiger partial charge in [0.15, 0.2) is 5.76 Å². The number of ether oxygens (including phenoxy) is 2. The summed E-state index contributed by atoms with van der Waals surface area (Å²) in [4.78, 5) is 15.6. The van der Waals surface area contributed by atoms with E-state index in [1.807, 2.05) is 55.1 Å². The van der Waals surface area contributed by atoms with Gasteiger partial charge in [0.2, 0.25) is 5.78 Å². The number of benzene rings is 3. The quantitative estimate of drug-likeness (QED) is 0.364. The van der Waals surface area contributed by atoms with Crippen molar-refractivity contribution < 1.29 is 18.7 Å². The third-order valence-corrected chi connectivity index (χ3v) is 6.83. The number of carbonyl (C=O) groups excluding carboxylic acids is 1. The van der Waals surface area contributed by atoms with E-state index in [0.29, 0.717) is 30.3 Å². The van der Waals surface area contributed by atoms with Crippen LogP contribution in [0, 0.1) is 12.7 Å². The monoisotopic (exact) mass is 468 g/mol. The summed E-state index contributed by atoms with van der Waals surface area (Å²) in [6.07, 6.45) is 4.63. The zero-order chi connectivity index (χ0) is 24.1. The molecular weight excluding hydrogens is 443 g/mol. The van der Waals surface area contributed by atoms with Crippen LogP contribution in [0.2, 0.25) is 0 Å². The molecule has 0 bridgehead atoms. The number of fused-ring (bicyclic) bond motifs is 4. The standard InChI is InChI=1S/C29H25FN2O3/c1-18-13-25-23(16-32(17-34-25)12-11-19-7-9-21(30)10-8-19)29-27(18)28(33)26(35-29)14-20-15-31(2)24-6-4-3-5-22(20)24/h3-10,13-15H,11-12,16-17H2,1-2H3/b26-14+. The molecule has 35 heavy (non-hydrogen) atoms. The number of nitrogens with zero attached hydrogens (tertiary/aromatic N) is 2. The summed E-state index contributed by atoms with van der Waals surface area (Å²) < 4.78 is 27.5. The van der Waals surface area contributed by atoms with Crippen molar-refractivity contribution in [1.29, 1.82) is 0 Å². The fourth-order valence-electron chi connectivity index (χ4n) is 4.99. The Morgan fingerprint density at radius 2 is 1.91 bits per heavy atom. The third kappa shape index (κ3) is 3.80. The van der Waals surface area contributed by atoms with E-state index in [1.54, 1.807) is 12.1 Å². The fraction of sp³-hybridized carbons (Fsp3) is 0.207. The number of allylic oxidation sites excluding steroid dienone is 1. The smallest absolute Gasteiger partial charge is 0.232 e. The Labute approximate surface area is 203 Å². The maximum Gasteiger partial charge on any atom is 0.232 e. The molecular formula is C29H25FN2O3. The van der Waals surface area contributed by atoms with E-state index < -0.39 is 0 Å². The Hall–Kier alpha value is -3.90. The number of aryl methyl sites for hydroxylation is 2. The van der Waals surface area contributed by atoms with Crippen molar-refractivity contribution in [1.82, 2.24) is 9.47 Å². The lowest BCUT2D eigenvalue weighted by molar-refractivity contribution is 0.0949. The molecule has 0 fully saturated rings. The first-order valence-electron chi connectivity index (χ1n) is 11.7. The zero-order valence-electron chi connectivity index (χ0n) is 19.7. The molecule has 3 heterocycles. The van der Waals surface area contributed by atoms with Gasteiger partial charge in [0.05, 0.1) is 11.1 Å². The van der Waals surface area contributed by atoms with Gasteiger partial charge in [-0.1, -0.05) is 30.3 Å². The van der Waals surface area contributed by atoms with Crippen molar-refractivity contribution in [2.75, 3.05) is 13.3 Å². The number of ketones is 1. The van der Waals surface area contributed by atoms with E-state index in [2.05, 4.69) is 11.0 Å². The summed E-state index contributed by atoms with van der Waals surface area (Å²) in [5.41, 5.74) is 5.47. The van der Waals surface area contributed by atoms with Gasteiger partial charge >= 0.3 is 0 Å². The molecule has 5 nitrogen and oxygen atoms in total. The second-order valence-electron chi connectivity index (χ2n) is 9.23. The predicted molar refractivity (Wildman–Crippen MR) is 133 cm³/mol. The van der Waals surface area contributed by atoms with E-state index in [-0.39, 0.29) is 11.6 Å². The van der Waals surface area contributed by atoms with Gasteiger partial charge in [-0.15, -0.1) is 0 Å². The first-order valence-corrected chi connectivity index (χ1v) is 11.7. The normalized spacial score (nSPS) is 16.3. The van der Waals surface area contributed by atoms with Crippen LogP contribution in [0.3, 0.4) is 0 Å². The minimum atomic E-state index is -0.232. The number of hydrogen-bond donors (Lipinski definition) is 0. The van der Waals surface area contributed by atoms with E-state index in [1.165, 1.54) is 12.1 Å². The van der Waals surface area contributed by atoms with Gasteiger partial charge < -0.3 is 14.0 Å². The fourth-order valence-corrected chi connectivity index (χ4v) is 4.99. The number of aromatic nitrogens is 1. The van der Waals surface area contributed by atoms with Crippen LogP contribution in [-0.2, 0) is 20.0 Å². The molecule has 0 saturated heterocycles. The van der Waals surface area contributed by atoms with Crippen molar-refractivity contribution in [2.24, 2.45) is 7.05 Å².